The van der Waals surface area contributed by atoms with Gasteiger partial charge in [-0.3, -0.25) is 4.79 Å². The van der Waals surface area contributed by atoms with Crippen LogP contribution in [0.15, 0.2) is 18.2 Å². The summed E-state index contributed by atoms with van der Waals surface area (Å²) in [7, 11) is 1.54. The number of carbonyl (C=O) groups excluding carboxylic acids is 1. The van der Waals surface area contributed by atoms with Crippen molar-refractivity contribution in [3.05, 3.63) is 23.2 Å². The van der Waals surface area contributed by atoms with E-state index >= 15 is 0 Å². The Balaban J connectivity index is 2.57. The molecule has 0 aliphatic carbocycles. The van der Waals surface area contributed by atoms with Crippen LogP contribution in [0.3, 0.4) is 0 Å². The number of nitrogens with zero attached hydrogens (tertiary/aromatic N) is 1. The average Bonchev–Trinajstić information content (AvgIpc) is 2.39. The van der Waals surface area contributed by atoms with Crippen LogP contribution in [-0.4, -0.2) is 24.0 Å². The summed E-state index contributed by atoms with van der Waals surface area (Å²) in [5.74, 6) is 1.11. The van der Waals surface area contributed by atoms with Gasteiger partial charge in [0.1, 0.15) is 5.75 Å². The molecule has 4 nitrogen and oxygen atoms in total. The zero-order valence-corrected chi connectivity index (χ0v) is 12.3. The van der Waals surface area contributed by atoms with Crippen LogP contribution in [0, 0.1) is 11.3 Å². The van der Waals surface area contributed by atoms with Crippen LogP contribution < -0.4 is 10.1 Å². The van der Waals surface area contributed by atoms with Gasteiger partial charge in [0, 0.05) is 17.9 Å². The molecule has 1 rings (SSSR count). The maximum absolute atomic E-state index is 11.9. The van der Waals surface area contributed by atoms with Crippen LogP contribution >= 0.6 is 23.4 Å². The van der Waals surface area contributed by atoms with Crippen LogP contribution in [0.2, 0.25) is 5.02 Å². The molecule has 0 spiro atoms. The molecular weight excluding hydrogens is 284 g/mol. The highest BCUT2D eigenvalue weighted by atomic mass is 35.5. The lowest BCUT2D eigenvalue weighted by molar-refractivity contribution is -0.115. The topological polar surface area (TPSA) is 62.1 Å². The summed E-state index contributed by atoms with van der Waals surface area (Å²) >= 11 is 7.43. The Morgan fingerprint density at radius 2 is 2.37 bits per heavy atom. The van der Waals surface area contributed by atoms with Gasteiger partial charge in [-0.1, -0.05) is 11.6 Å². The molecule has 0 aliphatic rings. The molecule has 19 heavy (non-hydrogen) atoms. The fourth-order valence-electron chi connectivity index (χ4n) is 1.35. The highest BCUT2D eigenvalue weighted by Gasteiger charge is 2.13. The first-order valence-corrected chi connectivity index (χ1v) is 7.14. The lowest BCUT2D eigenvalue weighted by atomic mass is 10.3. The minimum atomic E-state index is -0.214. The van der Waals surface area contributed by atoms with Gasteiger partial charge in [-0.05, 0) is 25.1 Å². The van der Waals surface area contributed by atoms with Crippen LogP contribution in [0.4, 0.5) is 5.69 Å². The second kappa shape index (κ2) is 7.93. The van der Waals surface area contributed by atoms with Gasteiger partial charge in [-0.2, -0.15) is 5.26 Å². The van der Waals surface area contributed by atoms with Crippen molar-refractivity contribution < 1.29 is 9.53 Å². The van der Waals surface area contributed by atoms with Crippen molar-refractivity contribution in [1.29, 1.82) is 5.26 Å². The van der Waals surface area contributed by atoms with Crippen LogP contribution in [0.25, 0.3) is 0 Å². The predicted molar refractivity (Wildman–Crippen MR) is 78.8 cm³/mol. The standard InChI is InChI=1S/C13H15ClN2O2S/c1-9(19-7-3-6-15)13(17)16-10-4-5-12(18-2)11(14)8-10/h4-5,8-9H,3,7H2,1-2H3,(H,16,17). The van der Waals surface area contributed by atoms with E-state index in [2.05, 4.69) is 5.32 Å². The number of anilines is 1. The number of ether oxygens (including phenoxy) is 1. The Labute approximate surface area is 122 Å². The smallest absolute Gasteiger partial charge is 0.237 e. The summed E-state index contributed by atoms with van der Waals surface area (Å²) in [6.45, 7) is 1.81. The van der Waals surface area contributed by atoms with E-state index in [1.54, 1.807) is 18.2 Å². The quantitative estimate of drug-likeness (QED) is 0.818. The Hall–Kier alpha value is -1.38. The minimum Gasteiger partial charge on any atom is -0.495 e. The summed E-state index contributed by atoms with van der Waals surface area (Å²) < 4.78 is 5.04. The zero-order chi connectivity index (χ0) is 14.3. The number of rotatable bonds is 6. The Morgan fingerprint density at radius 1 is 1.63 bits per heavy atom. The molecule has 0 saturated carbocycles. The molecule has 0 saturated heterocycles. The molecule has 0 aromatic heterocycles. The summed E-state index contributed by atoms with van der Waals surface area (Å²) in [5.41, 5.74) is 0.628. The van der Waals surface area contributed by atoms with Gasteiger partial charge in [0.25, 0.3) is 0 Å². The normalized spacial score (nSPS) is 11.5. The number of nitrogens with one attached hydrogen (secondary N) is 1. The van der Waals surface area contributed by atoms with Crippen molar-refractivity contribution >= 4 is 35.0 Å². The first kappa shape index (κ1) is 15.7. The molecule has 0 aliphatic heterocycles. The van der Waals surface area contributed by atoms with E-state index in [0.717, 1.165) is 0 Å². The lowest BCUT2D eigenvalue weighted by Gasteiger charge is -2.12. The summed E-state index contributed by atoms with van der Waals surface area (Å²) in [4.78, 5) is 11.9. The number of amides is 1. The summed E-state index contributed by atoms with van der Waals surface area (Å²) in [5, 5.41) is 11.5. The van der Waals surface area contributed by atoms with Crippen molar-refractivity contribution in [1.82, 2.24) is 0 Å². The number of nitriles is 1. The highest BCUT2D eigenvalue weighted by Crippen LogP contribution is 2.27. The monoisotopic (exact) mass is 298 g/mol. The van der Waals surface area contributed by atoms with E-state index in [1.165, 1.54) is 18.9 Å². The third-order valence-electron chi connectivity index (χ3n) is 2.37. The van der Waals surface area contributed by atoms with Crippen molar-refractivity contribution in [3.63, 3.8) is 0 Å². The number of halogens is 1. The molecule has 102 valence electrons. The van der Waals surface area contributed by atoms with E-state index in [-0.39, 0.29) is 11.2 Å². The van der Waals surface area contributed by atoms with E-state index < -0.39 is 0 Å². The molecule has 1 unspecified atom stereocenters. The maximum atomic E-state index is 11.9. The van der Waals surface area contributed by atoms with E-state index in [0.29, 0.717) is 28.6 Å². The molecule has 0 bridgehead atoms. The van der Waals surface area contributed by atoms with Gasteiger partial charge in [0.05, 0.1) is 23.5 Å². The molecule has 6 heteroatoms. The van der Waals surface area contributed by atoms with Crippen LogP contribution in [0.1, 0.15) is 13.3 Å². The molecule has 1 aromatic carbocycles. The summed E-state index contributed by atoms with van der Waals surface area (Å²) in [6.07, 6.45) is 0.441. The lowest BCUT2D eigenvalue weighted by Crippen LogP contribution is -2.22. The molecule has 1 atom stereocenters. The number of hydrogen-bond donors (Lipinski definition) is 1. The molecule has 0 radical (unpaired) electrons. The molecule has 0 heterocycles. The second-order valence-electron chi connectivity index (χ2n) is 3.76. The van der Waals surface area contributed by atoms with E-state index in [1.807, 2.05) is 13.0 Å². The average molecular weight is 299 g/mol. The fourth-order valence-corrected chi connectivity index (χ4v) is 2.38. The number of thioether (sulfide) groups is 1. The summed E-state index contributed by atoms with van der Waals surface area (Å²) in [6, 6.07) is 7.12. The van der Waals surface area contributed by atoms with Crippen molar-refractivity contribution in [2.45, 2.75) is 18.6 Å². The molecular formula is C13H15ClN2O2S. The van der Waals surface area contributed by atoms with Crippen molar-refractivity contribution in [2.24, 2.45) is 0 Å². The first-order chi connectivity index (χ1) is 9.08. The Kier molecular flexibility index (Phi) is 6.54. The minimum absolute atomic E-state index is 0.107. The van der Waals surface area contributed by atoms with Gasteiger partial charge in [-0.15, -0.1) is 11.8 Å². The van der Waals surface area contributed by atoms with Crippen molar-refractivity contribution in [2.75, 3.05) is 18.2 Å². The SMILES string of the molecule is COc1ccc(NC(=O)C(C)SCCC#N)cc1Cl. The van der Waals surface area contributed by atoms with Gasteiger partial charge in [-0.25, -0.2) is 0 Å². The second-order valence-corrected chi connectivity index (χ2v) is 5.62. The number of benzene rings is 1. The van der Waals surface area contributed by atoms with E-state index in [9.17, 15) is 4.79 Å². The van der Waals surface area contributed by atoms with E-state index in [4.69, 9.17) is 21.6 Å². The molecule has 1 N–H and O–H groups in total. The van der Waals surface area contributed by atoms with Gasteiger partial charge < -0.3 is 10.1 Å². The Morgan fingerprint density at radius 3 is 2.95 bits per heavy atom. The number of hydrogen-bond acceptors (Lipinski definition) is 4. The maximum Gasteiger partial charge on any atom is 0.237 e. The zero-order valence-electron chi connectivity index (χ0n) is 10.8. The third-order valence-corrected chi connectivity index (χ3v) is 3.82. The molecule has 1 aromatic rings. The van der Waals surface area contributed by atoms with Crippen LogP contribution in [0.5, 0.6) is 5.75 Å². The Bertz CT molecular complexity index is 488. The molecule has 1 amide bonds. The number of carbonyl (C=O) groups is 1. The predicted octanol–water partition coefficient (Wildman–Crippen LogP) is 3.32. The van der Waals surface area contributed by atoms with Gasteiger partial charge >= 0.3 is 0 Å². The van der Waals surface area contributed by atoms with Gasteiger partial charge in [0.2, 0.25) is 5.91 Å². The largest absolute Gasteiger partial charge is 0.495 e. The van der Waals surface area contributed by atoms with Crippen molar-refractivity contribution in [3.8, 4) is 11.8 Å². The molecule has 0 fully saturated rings. The highest BCUT2D eigenvalue weighted by molar-refractivity contribution is 8.00. The number of methoxy groups -OCH3 is 1. The third kappa shape index (κ3) is 5.01. The van der Waals surface area contributed by atoms with Gasteiger partial charge in [0.15, 0.2) is 0 Å². The fraction of sp³-hybridized carbons (Fsp3) is 0.385. The first-order valence-electron chi connectivity index (χ1n) is 5.71. The van der Waals surface area contributed by atoms with Crippen LogP contribution in [-0.2, 0) is 4.79 Å².